The summed E-state index contributed by atoms with van der Waals surface area (Å²) >= 11 is 0. The average molecular weight is 332 g/mol. The zero-order chi connectivity index (χ0) is 15.2. The highest BCUT2D eigenvalue weighted by Crippen LogP contribution is 2.27. The number of ether oxygens (including phenoxy) is 1. The Kier molecular flexibility index (Phi) is 7.10. The molecular formula is C20H26ClNO. The van der Waals surface area contributed by atoms with Crippen molar-refractivity contribution in [2.75, 3.05) is 19.7 Å². The van der Waals surface area contributed by atoms with Gasteiger partial charge < -0.3 is 10.1 Å². The molecule has 0 saturated carbocycles. The number of benzene rings is 1. The monoisotopic (exact) mass is 331 g/mol. The van der Waals surface area contributed by atoms with E-state index in [1.165, 1.54) is 16.7 Å². The number of fused-ring (bicyclic) bond motifs is 1. The molecule has 0 aromatic heterocycles. The molecule has 2 atom stereocenters. The van der Waals surface area contributed by atoms with Crippen LogP contribution in [0.1, 0.15) is 18.9 Å². The summed E-state index contributed by atoms with van der Waals surface area (Å²) in [5, 5.41) is 3.45. The third-order valence-corrected chi connectivity index (χ3v) is 4.35. The lowest BCUT2D eigenvalue weighted by atomic mass is 9.89. The quantitative estimate of drug-likeness (QED) is 0.821. The Morgan fingerprint density at radius 1 is 1.22 bits per heavy atom. The fourth-order valence-corrected chi connectivity index (χ4v) is 3.09. The van der Waals surface area contributed by atoms with Crippen LogP contribution in [0.2, 0.25) is 0 Å². The van der Waals surface area contributed by atoms with Crippen molar-refractivity contribution in [1.29, 1.82) is 0 Å². The van der Waals surface area contributed by atoms with Crippen molar-refractivity contribution in [2.24, 2.45) is 5.92 Å². The fourth-order valence-electron chi connectivity index (χ4n) is 3.09. The summed E-state index contributed by atoms with van der Waals surface area (Å²) in [5.74, 6) is 0.550. The van der Waals surface area contributed by atoms with E-state index in [2.05, 4.69) is 66.9 Å². The minimum absolute atomic E-state index is 0. The van der Waals surface area contributed by atoms with Crippen LogP contribution in [-0.2, 0) is 11.2 Å². The molecule has 0 bridgehead atoms. The lowest BCUT2D eigenvalue weighted by molar-refractivity contribution is 0.112. The number of hydrogen-bond acceptors (Lipinski definition) is 2. The highest BCUT2D eigenvalue weighted by molar-refractivity contribution is 5.85. The van der Waals surface area contributed by atoms with Crippen LogP contribution in [0.5, 0.6) is 0 Å². The van der Waals surface area contributed by atoms with E-state index < -0.39 is 0 Å². The summed E-state index contributed by atoms with van der Waals surface area (Å²) in [6.07, 6.45) is 11.2. The molecule has 1 aromatic rings. The molecule has 2 nitrogen and oxygen atoms in total. The molecular weight excluding hydrogens is 306 g/mol. The van der Waals surface area contributed by atoms with Gasteiger partial charge in [0, 0.05) is 19.7 Å². The van der Waals surface area contributed by atoms with Gasteiger partial charge >= 0.3 is 0 Å². The van der Waals surface area contributed by atoms with Gasteiger partial charge in [-0.15, -0.1) is 12.4 Å². The molecule has 1 aliphatic carbocycles. The second-order valence-corrected chi connectivity index (χ2v) is 6.12. The largest absolute Gasteiger partial charge is 0.370 e. The van der Waals surface area contributed by atoms with Gasteiger partial charge in [-0.1, -0.05) is 55.5 Å². The van der Waals surface area contributed by atoms with Crippen LogP contribution < -0.4 is 5.32 Å². The summed E-state index contributed by atoms with van der Waals surface area (Å²) in [4.78, 5) is 0. The topological polar surface area (TPSA) is 21.3 Å². The van der Waals surface area contributed by atoms with Gasteiger partial charge in [0.2, 0.25) is 0 Å². The fraction of sp³-hybridized carbons (Fsp3) is 0.400. The van der Waals surface area contributed by atoms with E-state index in [4.69, 9.17) is 4.74 Å². The Labute approximate surface area is 145 Å². The second-order valence-electron chi connectivity index (χ2n) is 6.12. The van der Waals surface area contributed by atoms with Crippen molar-refractivity contribution in [3.8, 4) is 0 Å². The van der Waals surface area contributed by atoms with Crippen molar-refractivity contribution in [3.63, 3.8) is 0 Å². The van der Waals surface area contributed by atoms with Crippen LogP contribution in [0.4, 0.5) is 0 Å². The summed E-state index contributed by atoms with van der Waals surface area (Å²) in [6, 6.07) is 10.6. The Hall–Kier alpha value is -1.35. The third-order valence-electron chi connectivity index (χ3n) is 4.35. The van der Waals surface area contributed by atoms with E-state index in [-0.39, 0.29) is 18.5 Å². The summed E-state index contributed by atoms with van der Waals surface area (Å²) in [5.41, 5.74) is 4.18. The van der Waals surface area contributed by atoms with Crippen molar-refractivity contribution in [1.82, 2.24) is 5.32 Å². The molecule has 0 radical (unpaired) electrons. The first-order valence-electron chi connectivity index (χ1n) is 8.29. The van der Waals surface area contributed by atoms with Crippen LogP contribution in [0, 0.1) is 5.92 Å². The molecule has 0 fully saturated rings. The lowest BCUT2D eigenvalue weighted by Crippen LogP contribution is -2.21. The molecule has 23 heavy (non-hydrogen) atoms. The predicted octanol–water partition coefficient (Wildman–Crippen LogP) is 4.09. The molecule has 1 aliphatic heterocycles. The molecule has 1 aromatic carbocycles. The van der Waals surface area contributed by atoms with Gasteiger partial charge in [-0.05, 0) is 41.5 Å². The molecule has 2 aliphatic rings. The number of halogens is 1. The third kappa shape index (κ3) is 5.07. The number of aryl methyl sites for hydroxylation is 1. The Morgan fingerprint density at radius 2 is 2.04 bits per heavy atom. The van der Waals surface area contributed by atoms with E-state index in [1.807, 2.05) is 0 Å². The molecule has 0 amide bonds. The Bertz CT molecular complexity index is 577. The van der Waals surface area contributed by atoms with Gasteiger partial charge in [0.15, 0.2) is 0 Å². The minimum Gasteiger partial charge on any atom is -0.370 e. The second kappa shape index (κ2) is 9.07. The van der Waals surface area contributed by atoms with Gasteiger partial charge in [-0.25, -0.2) is 0 Å². The number of allylic oxidation sites excluding steroid dienone is 2. The van der Waals surface area contributed by atoms with Gasteiger partial charge in [0.25, 0.3) is 0 Å². The van der Waals surface area contributed by atoms with Crippen molar-refractivity contribution in [2.45, 2.75) is 25.9 Å². The normalized spacial score (nSPS) is 23.2. The van der Waals surface area contributed by atoms with Gasteiger partial charge in [0.1, 0.15) is 0 Å². The first kappa shape index (κ1) is 18.0. The van der Waals surface area contributed by atoms with E-state index in [1.54, 1.807) is 0 Å². The number of rotatable bonds is 5. The number of hydrogen-bond donors (Lipinski definition) is 1. The molecule has 1 N–H and O–H groups in total. The molecule has 2 unspecified atom stereocenters. The highest BCUT2D eigenvalue weighted by atomic mass is 35.5. The van der Waals surface area contributed by atoms with E-state index in [0.29, 0.717) is 5.92 Å². The average Bonchev–Trinajstić information content (AvgIpc) is 2.74. The van der Waals surface area contributed by atoms with Crippen LogP contribution >= 0.6 is 12.4 Å². The highest BCUT2D eigenvalue weighted by Gasteiger charge is 2.19. The maximum absolute atomic E-state index is 6.03. The molecule has 0 spiro atoms. The summed E-state index contributed by atoms with van der Waals surface area (Å²) in [6.45, 7) is 5.09. The van der Waals surface area contributed by atoms with Crippen LogP contribution in [0.15, 0.2) is 65.8 Å². The Balaban J connectivity index is 0.00000192. The molecule has 1 heterocycles. The van der Waals surface area contributed by atoms with Gasteiger partial charge in [-0.3, -0.25) is 0 Å². The van der Waals surface area contributed by atoms with Crippen molar-refractivity contribution >= 4 is 12.4 Å². The first-order chi connectivity index (χ1) is 10.8. The van der Waals surface area contributed by atoms with Gasteiger partial charge in [-0.2, -0.15) is 0 Å². The molecule has 124 valence electrons. The van der Waals surface area contributed by atoms with E-state index >= 15 is 0 Å². The first-order valence-corrected chi connectivity index (χ1v) is 8.29. The lowest BCUT2D eigenvalue weighted by Gasteiger charge is -2.22. The zero-order valence-electron chi connectivity index (χ0n) is 13.7. The molecule has 0 saturated heterocycles. The number of nitrogens with one attached hydrogen (secondary N) is 1. The van der Waals surface area contributed by atoms with Crippen molar-refractivity contribution < 1.29 is 4.74 Å². The van der Waals surface area contributed by atoms with Gasteiger partial charge in [0.05, 0.1) is 6.10 Å². The standard InChI is InChI=1S/C20H25NO.ClH/c1-16-15-21-12-11-18-9-10-19(14-20(16)18)22-13-5-8-17-6-3-2-4-7-17;/h2-4,6-7,9-11,14,16,19,21H,5,8,12-13,15H2,1H3;1H. The Morgan fingerprint density at radius 3 is 2.87 bits per heavy atom. The maximum Gasteiger partial charge on any atom is 0.0946 e. The van der Waals surface area contributed by atoms with E-state index in [9.17, 15) is 0 Å². The maximum atomic E-state index is 6.03. The predicted molar refractivity (Wildman–Crippen MR) is 99.1 cm³/mol. The molecule has 3 heteroatoms. The van der Waals surface area contributed by atoms with Crippen LogP contribution in [0.25, 0.3) is 0 Å². The minimum atomic E-state index is 0. The SMILES string of the molecule is CC1CNCC=C2C=CC(OCCCc3ccccc3)C=C21.Cl. The zero-order valence-corrected chi connectivity index (χ0v) is 14.5. The molecule has 3 rings (SSSR count). The van der Waals surface area contributed by atoms with Crippen molar-refractivity contribution in [3.05, 3.63) is 71.3 Å². The smallest absolute Gasteiger partial charge is 0.0946 e. The van der Waals surface area contributed by atoms with Crippen LogP contribution in [-0.4, -0.2) is 25.8 Å². The van der Waals surface area contributed by atoms with Crippen LogP contribution in [0.3, 0.4) is 0 Å². The summed E-state index contributed by atoms with van der Waals surface area (Å²) in [7, 11) is 0. The summed E-state index contributed by atoms with van der Waals surface area (Å²) < 4.78 is 6.03. The van der Waals surface area contributed by atoms with E-state index in [0.717, 1.165) is 32.5 Å².